The molecule has 7 heteroatoms. The molecule has 0 unspecified atom stereocenters. The van der Waals surface area contributed by atoms with Crippen molar-refractivity contribution in [1.82, 2.24) is 14.3 Å². The monoisotopic (exact) mass is 471 g/mol. The van der Waals surface area contributed by atoms with E-state index in [0.29, 0.717) is 23.4 Å². The van der Waals surface area contributed by atoms with Crippen molar-refractivity contribution in [2.24, 2.45) is 0 Å². The zero-order valence-corrected chi connectivity index (χ0v) is 19.3. The molecule has 5 rings (SSSR count). The van der Waals surface area contributed by atoms with Gasteiger partial charge in [0.25, 0.3) is 5.56 Å². The maximum absolute atomic E-state index is 13.2. The number of carboxylic acids is 1. The Morgan fingerprint density at radius 1 is 0.971 bits per heavy atom. The molecule has 5 aromatic rings. The Labute approximate surface area is 200 Å². The van der Waals surface area contributed by atoms with E-state index in [0.717, 1.165) is 38.8 Å². The lowest BCUT2D eigenvalue weighted by molar-refractivity contribution is -0.137. The van der Waals surface area contributed by atoms with E-state index in [1.165, 1.54) is 4.68 Å². The highest BCUT2D eigenvalue weighted by Crippen LogP contribution is 2.31. The van der Waals surface area contributed by atoms with E-state index >= 15 is 0 Å². The average Bonchev–Trinajstić information content (AvgIpc) is 3.07. The first-order chi connectivity index (χ1) is 16.4. The minimum Gasteiger partial charge on any atom is -0.480 e. The van der Waals surface area contributed by atoms with Gasteiger partial charge in [0.2, 0.25) is 0 Å². The molecule has 34 heavy (non-hydrogen) atoms. The first kappa shape index (κ1) is 21.9. The Balaban J connectivity index is 1.69. The highest BCUT2D eigenvalue weighted by Gasteiger charge is 2.19. The third-order valence-corrected chi connectivity index (χ3v) is 6.41. The van der Waals surface area contributed by atoms with Crippen LogP contribution in [0.15, 0.2) is 77.6 Å². The first-order valence-corrected chi connectivity index (χ1v) is 11.3. The summed E-state index contributed by atoms with van der Waals surface area (Å²) in [6, 6.07) is 22.7. The predicted octanol–water partition coefficient (Wildman–Crippen LogP) is 5.04. The maximum Gasteiger partial charge on any atom is 0.323 e. The second-order valence-corrected chi connectivity index (χ2v) is 8.76. The second kappa shape index (κ2) is 8.80. The number of hydrogen-bond donors (Lipinski definition) is 1. The molecule has 0 fully saturated rings. The van der Waals surface area contributed by atoms with Gasteiger partial charge >= 0.3 is 5.97 Å². The lowest BCUT2D eigenvalue weighted by Crippen LogP contribution is -2.25. The summed E-state index contributed by atoms with van der Waals surface area (Å²) in [4.78, 5) is 24.7. The lowest BCUT2D eigenvalue weighted by Gasteiger charge is -2.12. The molecular formula is C27H22ClN3O3. The Morgan fingerprint density at radius 3 is 2.41 bits per heavy atom. The smallest absolute Gasteiger partial charge is 0.323 e. The molecule has 0 amide bonds. The van der Waals surface area contributed by atoms with E-state index in [4.69, 9.17) is 16.7 Å². The van der Waals surface area contributed by atoms with Crippen LogP contribution < -0.4 is 5.56 Å². The molecular weight excluding hydrogens is 450 g/mol. The topological polar surface area (TPSA) is 77.1 Å². The quantitative estimate of drug-likeness (QED) is 0.376. The molecule has 0 aliphatic heterocycles. The van der Waals surface area contributed by atoms with Crippen LogP contribution in [0.1, 0.15) is 22.5 Å². The number of halogens is 1. The van der Waals surface area contributed by atoms with Crippen LogP contribution in [-0.4, -0.2) is 25.4 Å². The van der Waals surface area contributed by atoms with Crippen molar-refractivity contribution in [3.63, 3.8) is 0 Å². The number of benzene rings is 3. The number of hydrogen-bond acceptors (Lipinski definition) is 3. The van der Waals surface area contributed by atoms with Crippen molar-refractivity contribution in [2.45, 2.75) is 26.4 Å². The summed E-state index contributed by atoms with van der Waals surface area (Å²) in [5.74, 6) is -0.915. The summed E-state index contributed by atoms with van der Waals surface area (Å²) in [5.41, 5.74) is 4.19. The van der Waals surface area contributed by atoms with E-state index < -0.39 is 5.97 Å². The van der Waals surface area contributed by atoms with Crippen LogP contribution in [0.2, 0.25) is 5.02 Å². The van der Waals surface area contributed by atoms with Crippen LogP contribution in [0.3, 0.4) is 0 Å². The van der Waals surface area contributed by atoms with E-state index in [2.05, 4.69) is 0 Å². The number of rotatable bonds is 6. The van der Waals surface area contributed by atoms with Gasteiger partial charge in [-0.2, -0.15) is 5.10 Å². The summed E-state index contributed by atoms with van der Waals surface area (Å²) in [7, 11) is 0. The molecule has 170 valence electrons. The summed E-state index contributed by atoms with van der Waals surface area (Å²) in [5, 5.41) is 17.1. The standard InChI is InChI=1S/C27H22ClN3O3/c1-17-22(23-13-19(28)11-12-25(23)30(17)16-26(32)33)14-24-20-9-5-6-10-21(20)27(34)31(29-24)15-18-7-3-2-4-8-18/h2-13H,14-16H2,1H3,(H,32,33). The fraction of sp³-hybridized carbons (Fsp3) is 0.148. The van der Waals surface area contributed by atoms with Crippen LogP contribution in [0, 0.1) is 6.92 Å². The van der Waals surface area contributed by atoms with Crippen molar-refractivity contribution in [3.8, 4) is 0 Å². The van der Waals surface area contributed by atoms with Crippen molar-refractivity contribution >= 4 is 39.2 Å². The Kier molecular flexibility index (Phi) is 5.67. The fourth-order valence-electron chi connectivity index (χ4n) is 4.55. The maximum atomic E-state index is 13.2. The number of aromatic nitrogens is 3. The van der Waals surface area contributed by atoms with Gasteiger partial charge in [0.15, 0.2) is 0 Å². The summed E-state index contributed by atoms with van der Waals surface area (Å²) in [6.45, 7) is 2.13. The highest BCUT2D eigenvalue weighted by molar-refractivity contribution is 6.31. The molecule has 0 saturated carbocycles. The van der Waals surface area contributed by atoms with E-state index in [1.807, 2.05) is 73.7 Å². The minimum atomic E-state index is -0.915. The molecule has 0 aliphatic carbocycles. The number of carbonyl (C=O) groups is 1. The molecule has 0 saturated heterocycles. The molecule has 0 atom stereocenters. The Bertz CT molecular complexity index is 1600. The van der Waals surface area contributed by atoms with Gasteiger partial charge in [-0.25, -0.2) is 4.68 Å². The fourth-order valence-corrected chi connectivity index (χ4v) is 4.72. The van der Waals surface area contributed by atoms with Crippen molar-refractivity contribution < 1.29 is 9.90 Å². The third kappa shape index (κ3) is 3.97. The van der Waals surface area contributed by atoms with E-state index in [9.17, 15) is 14.7 Å². The molecule has 3 aromatic carbocycles. The molecule has 0 aliphatic rings. The van der Waals surface area contributed by atoms with Crippen LogP contribution in [0.4, 0.5) is 0 Å². The molecule has 1 N–H and O–H groups in total. The lowest BCUT2D eigenvalue weighted by atomic mass is 10.0. The summed E-state index contributed by atoms with van der Waals surface area (Å²) >= 11 is 6.31. The van der Waals surface area contributed by atoms with Crippen LogP contribution in [0.5, 0.6) is 0 Å². The molecule has 2 aromatic heterocycles. The van der Waals surface area contributed by atoms with Gasteiger partial charge in [-0.3, -0.25) is 9.59 Å². The molecule has 6 nitrogen and oxygen atoms in total. The van der Waals surface area contributed by atoms with Crippen LogP contribution >= 0.6 is 11.6 Å². The summed E-state index contributed by atoms with van der Waals surface area (Å²) < 4.78 is 3.29. The van der Waals surface area contributed by atoms with Gasteiger partial charge in [0.1, 0.15) is 6.54 Å². The molecule has 0 spiro atoms. The number of aliphatic carboxylic acids is 1. The predicted molar refractivity (Wildman–Crippen MR) is 134 cm³/mol. The van der Waals surface area contributed by atoms with Crippen molar-refractivity contribution in [2.75, 3.05) is 0 Å². The molecule has 2 heterocycles. The number of fused-ring (bicyclic) bond motifs is 2. The van der Waals surface area contributed by atoms with Gasteiger partial charge in [0.05, 0.1) is 17.6 Å². The summed E-state index contributed by atoms with van der Waals surface area (Å²) in [6.07, 6.45) is 0.435. The number of carboxylic acid groups (broad SMARTS) is 1. The van der Waals surface area contributed by atoms with Crippen molar-refractivity contribution in [1.29, 1.82) is 0 Å². The van der Waals surface area contributed by atoms with Gasteiger partial charge in [-0.15, -0.1) is 0 Å². The molecule has 0 radical (unpaired) electrons. The minimum absolute atomic E-state index is 0.142. The third-order valence-electron chi connectivity index (χ3n) is 6.17. The zero-order valence-electron chi connectivity index (χ0n) is 18.5. The normalized spacial score (nSPS) is 11.4. The van der Waals surface area contributed by atoms with Gasteiger partial charge in [-0.05, 0) is 42.3 Å². The van der Waals surface area contributed by atoms with Gasteiger partial charge < -0.3 is 9.67 Å². The number of nitrogens with zero attached hydrogens (tertiary/aromatic N) is 3. The average molecular weight is 472 g/mol. The van der Waals surface area contributed by atoms with Gasteiger partial charge in [0, 0.05) is 33.4 Å². The zero-order chi connectivity index (χ0) is 23.8. The van der Waals surface area contributed by atoms with Gasteiger partial charge in [-0.1, -0.05) is 60.1 Å². The van der Waals surface area contributed by atoms with Crippen LogP contribution in [-0.2, 0) is 24.3 Å². The SMILES string of the molecule is Cc1c(Cc2nn(Cc3ccccc3)c(=O)c3ccccc23)c2cc(Cl)ccc2n1CC(=O)O. The largest absolute Gasteiger partial charge is 0.480 e. The van der Waals surface area contributed by atoms with E-state index in [1.54, 1.807) is 10.6 Å². The highest BCUT2D eigenvalue weighted by atomic mass is 35.5. The first-order valence-electron chi connectivity index (χ1n) is 10.9. The van der Waals surface area contributed by atoms with Crippen LogP contribution in [0.25, 0.3) is 21.7 Å². The second-order valence-electron chi connectivity index (χ2n) is 8.32. The Morgan fingerprint density at radius 2 is 1.68 bits per heavy atom. The van der Waals surface area contributed by atoms with E-state index in [-0.39, 0.29) is 12.1 Å². The Hall–Kier alpha value is -3.90. The molecule has 0 bridgehead atoms. The van der Waals surface area contributed by atoms with Crippen molar-refractivity contribution in [3.05, 3.63) is 111 Å².